The average Bonchev–Trinajstić information content (AvgIpc) is 3.67. The molecule has 6 unspecified atom stereocenters. The van der Waals surface area contributed by atoms with Crippen molar-refractivity contribution < 1.29 is 73.6 Å². The lowest BCUT2D eigenvalue weighted by atomic mass is 9.71. The molecule has 2 aliphatic carbocycles. The van der Waals surface area contributed by atoms with Crippen LogP contribution in [0.1, 0.15) is 82.1 Å². The van der Waals surface area contributed by atoms with Crippen LogP contribution in [-0.4, -0.2) is 103 Å². The smallest absolute Gasteiger partial charge is 0.378 e. The van der Waals surface area contributed by atoms with Crippen molar-refractivity contribution in [1.29, 1.82) is 0 Å². The fourth-order valence-electron chi connectivity index (χ4n) is 7.84. The van der Waals surface area contributed by atoms with Crippen molar-refractivity contribution in [2.24, 2.45) is 10.8 Å². The molecule has 0 aromatic carbocycles. The minimum Gasteiger partial charge on any atom is -0.505 e. The number of aliphatic hydroxyl groups is 6. The minimum absolute atomic E-state index is 0.114. The van der Waals surface area contributed by atoms with E-state index in [-0.39, 0.29) is 12.2 Å². The van der Waals surface area contributed by atoms with E-state index in [9.17, 15) is 54.6 Å². The fourth-order valence-corrected chi connectivity index (χ4v) is 7.84. The number of rotatable bonds is 17. The molecule has 67 heavy (non-hydrogen) atoms. The molecular formula is C52H62O15. The molecule has 6 N–H and O–H groups in total. The van der Waals surface area contributed by atoms with Crippen LogP contribution in [0.2, 0.25) is 0 Å². The Morgan fingerprint density at radius 3 is 1.45 bits per heavy atom. The van der Waals surface area contributed by atoms with Gasteiger partial charge in [-0.2, -0.15) is 0 Å². The zero-order valence-electron chi connectivity index (χ0n) is 39.5. The van der Waals surface area contributed by atoms with Crippen molar-refractivity contribution in [3.63, 3.8) is 0 Å². The number of hydrogen-bond acceptors (Lipinski definition) is 15. The predicted octanol–water partition coefficient (Wildman–Crippen LogP) is 7.71. The quantitative estimate of drug-likeness (QED) is 0.0465. The molecule has 0 aromatic rings. The second-order valence-corrected chi connectivity index (χ2v) is 18.3. The molecule has 0 saturated carbocycles. The first-order valence-electron chi connectivity index (χ1n) is 21.7. The van der Waals surface area contributed by atoms with E-state index in [4.69, 9.17) is 14.2 Å². The SMILES string of the molecule is CC1=C(/C=C/C(C)=C/C=C/C(C)=C/C=C/C=C(C)/C=C/C=C(C)/C=C/C2=C(C)C(=O)C(OC(=O)C(O)C3OC(=O)C(O)=C3O)CC2(C)C)C(C)(C)CC(OCC(O)C2OC(=O)C(O)=C2O)C1=O. The Hall–Kier alpha value is -6.55. The van der Waals surface area contributed by atoms with Gasteiger partial charge < -0.3 is 49.6 Å². The van der Waals surface area contributed by atoms with Crippen molar-refractivity contribution >= 4 is 29.5 Å². The fraction of sp³-hybridized carbons (Fsp3) is 0.404. The number of aliphatic hydroxyl groups excluding tert-OH is 6. The summed E-state index contributed by atoms with van der Waals surface area (Å²) in [6.45, 7) is 18.6. The van der Waals surface area contributed by atoms with Crippen LogP contribution >= 0.6 is 0 Å². The van der Waals surface area contributed by atoms with Gasteiger partial charge in [0.1, 0.15) is 12.2 Å². The molecule has 0 bridgehead atoms. The maximum atomic E-state index is 13.2. The third-order valence-electron chi connectivity index (χ3n) is 11.8. The van der Waals surface area contributed by atoms with Crippen LogP contribution in [0.4, 0.5) is 0 Å². The van der Waals surface area contributed by atoms with Crippen LogP contribution < -0.4 is 0 Å². The first-order chi connectivity index (χ1) is 31.3. The molecule has 0 amide bonds. The van der Waals surface area contributed by atoms with E-state index in [1.807, 2.05) is 140 Å². The number of ether oxygens (including phenoxy) is 4. The molecular weight excluding hydrogens is 865 g/mol. The van der Waals surface area contributed by atoms with Crippen molar-refractivity contribution in [3.8, 4) is 0 Å². The summed E-state index contributed by atoms with van der Waals surface area (Å²) in [5.74, 6) is -8.24. The maximum absolute atomic E-state index is 13.2. The molecule has 0 spiro atoms. The third kappa shape index (κ3) is 13.3. The topological polar surface area (TPSA) is 244 Å². The largest absolute Gasteiger partial charge is 0.505 e. The summed E-state index contributed by atoms with van der Waals surface area (Å²) in [7, 11) is 0. The molecule has 0 radical (unpaired) electrons. The van der Waals surface area contributed by atoms with E-state index in [1.54, 1.807) is 13.8 Å². The molecule has 360 valence electrons. The van der Waals surface area contributed by atoms with Gasteiger partial charge in [-0.3, -0.25) is 9.59 Å². The normalized spacial score (nSPS) is 25.6. The lowest BCUT2D eigenvalue weighted by molar-refractivity contribution is -0.172. The molecule has 0 aromatic heterocycles. The number of allylic oxidation sites excluding steroid dienone is 20. The van der Waals surface area contributed by atoms with Gasteiger partial charge in [0.25, 0.3) is 0 Å². The molecule has 2 heterocycles. The minimum atomic E-state index is -2.14. The van der Waals surface area contributed by atoms with Gasteiger partial charge in [0.05, 0.1) is 6.61 Å². The van der Waals surface area contributed by atoms with Gasteiger partial charge in [-0.1, -0.05) is 135 Å². The van der Waals surface area contributed by atoms with Crippen LogP contribution in [0.3, 0.4) is 0 Å². The molecule has 15 heteroatoms. The predicted molar refractivity (Wildman–Crippen MR) is 249 cm³/mol. The molecule has 6 atom stereocenters. The Morgan fingerprint density at radius 2 is 1.01 bits per heavy atom. The Morgan fingerprint density at radius 1 is 0.627 bits per heavy atom. The van der Waals surface area contributed by atoms with Gasteiger partial charge >= 0.3 is 17.9 Å². The van der Waals surface area contributed by atoms with Gasteiger partial charge in [-0.25, -0.2) is 14.4 Å². The van der Waals surface area contributed by atoms with Crippen LogP contribution in [0.5, 0.6) is 0 Å². The molecule has 4 rings (SSSR count). The van der Waals surface area contributed by atoms with Crippen LogP contribution in [0, 0.1) is 10.8 Å². The van der Waals surface area contributed by atoms with E-state index >= 15 is 0 Å². The van der Waals surface area contributed by atoms with Crippen molar-refractivity contribution in [1.82, 2.24) is 0 Å². The first kappa shape index (κ1) is 53.1. The summed E-state index contributed by atoms with van der Waals surface area (Å²) in [6, 6.07) is 0. The summed E-state index contributed by atoms with van der Waals surface area (Å²) in [6.07, 6.45) is 18.6. The highest BCUT2D eigenvalue weighted by atomic mass is 16.6. The van der Waals surface area contributed by atoms with Crippen LogP contribution in [0.25, 0.3) is 0 Å². The monoisotopic (exact) mass is 926 g/mol. The van der Waals surface area contributed by atoms with Gasteiger partial charge in [0.15, 0.2) is 47.5 Å². The second-order valence-electron chi connectivity index (χ2n) is 18.3. The van der Waals surface area contributed by atoms with E-state index in [2.05, 4.69) is 4.74 Å². The molecule has 2 aliphatic heterocycles. The maximum Gasteiger partial charge on any atom is 0.378 e. The third-order valence-corrected chi connectivity index (χ3v) is 11.8. The Kier molecular flexibility index (Phi) is 17.7. The summed E-state index contributed by atoms with van der Waals surface area (Å²) >= 11 is 0. The number of hydrogen-bond donors (Lipinski definition) is 6. The van der Waals surface area contributed by atoms with Crippen molar-refractivity contribution in [2.75, 3.05) is 6.61 Å². The number of carbonyl (C=O) groups is 5. The zero-order chi connectivity index (χ0) is 50.1. The van der Waals surface area contributed by atoms with Crippen molar-refractivity contribution in [3.05, 3.63) is 153 Å². The molecule has 0 fully saturated rings. The zero-order valence-corrected chi connectivity index (χ0v) is 39.5. The van der Waals surface area contributed by atoms with Gasteiger partial charge in [-0.05, 0) is 81.1 Å². The van der Waals surface area contributed by atoms with E-state index in [0.717, 1.165) is 33.4 Å². The van der Waals surface area contributed by atoms with Crippen LogP contribution in [-0.2, 0) is 42.9 Å². The molecule has 15 nitrogen and oxygen atoms in total. The van der Waals surface area contributed by atoms with E-state index in [1.165, 1.54) is 0 Å². The Balaban J connectivity index is 1.27. The summed E-state index contributed by atoms with van der Waals surface area (Å²) < 4.78 is 20.5. The van der Waals surface area contributed by atoms with Gasteiger partial charge in [-0.15, -0.1) is 0 Å². The summed E-state index contributed by atoms with van der Waals surface area (Å²) in [5, 5.41) is 59.4. The van der Waals surface area contributed by atoms with Gasteiger partial charge in [0, 0.05) is 6.42 Å². The van der Waals surface area contributed by atoms with E-state index in [0.29, 0.717) is 17.6 Å². The van der Waals surface area contributed by atoms with Crippen LogP contribution in [0.15, 0.2) is 153 Å². The summed E-state index contributed by atoms with van der Waals surface area (Å²) in [4.78, 5) is 62.1. The first-order valence-corrected chi connectivity index (χ1v) is 21.7. The number of Topliss-reactive ketones (excluding diaryl/α,β-unsaturated/α-hetero) is 2. The Labute approximate surface area is 390 Å². The second kappa shape index (κ2) is 22.3. The lowest BCUT2D eigenvalue weighted by Crippen LogP contribution is -2.44. The number of esters is 3. The number of carbonyl (C=O) groups excluding carboxylic acids is 5. The summed E-state index contributed by atoms with van der Waals surface area (Å²) in [5.41, 5.74) is 5.40. The highest BCUT2D eigenvalue weighted by Gasteiger charge is 2.46. The number of cyclic esters (lactones) is 2. The van der Waals surface area contributed by atoms with Gasteiger partial charge in [0.2, 0.25) is 11.5 Å². The lowest BCUT2D eigenvalue weighted by Gasteiger charge is -2.37. The van der Waals surface area contributed by atoms with E-state index < -0.39 is 101 Å². The number of ketones is 2. The van der Waals surface area contributed by atoms with Crippen molar-refractivity contribution in [2.45, 2.75) is 119 Å². The standard InChI is InChI=1S/C52H62O15/c1-28(17-13-19-30(3)21-23-34-32(5)39(54)37(25-51(34,7)8)64-27-36(53)46-41(56)43(58)48(61)66-46)15-11-12-16-29(2)18-14-20-31(4)22-24-35-33(6)40(55)38(26-52(35,9)10)65-50(63)45(60)47-42(57)44(59)49(62)67-47/h11-24,36-38,45-47,53,56-60H,25-27H2,1-10H3/b12-11+,17-13+,18-14+,23-21+,24-22+,28-15+,29-16+,30-19+,31-20+. The highest BCUT2D eigenvalue weighted by molar-refractivity contribution is 6.02. The Bertz CT molecular complexity index is 2430. The average molecular weight is 927 g/mol. The highest BCUT2D eigenvalue weighted by Crippen LogP contribution is 2.42. The molecule has 4 aliphatic rings. The molecule has 0 saturated heterocycles.